The van der Waals surface area contributed by atoms with Gasteiger partial charge in [0.2, 0.25) is 12.7 Å². The summed E-state index contributed by atoms with van der Waals surface area (Å²) in [5.74, 6) is 2.04. The van der Waals surface area contributed by atoms with Gasteiger partial charge >= 0.3 is 0 Å². The summed E-state index contributed by atoms with van der Waals surface area (Å²) in [6.45, 7) is 5.70. The first-order chi connectivity index (χ1) is 15.2. The van der Waals surface area contributed by atoms with Gasteiger partial charge in [-0.1, -0.05) is 0 Å². The Bertz CT molecular complexity index is 807. The quantitative estimate of drug-likeness (QED) is 0.742. The third kappa shape index (κ3) is 4.38. The van der Waals surface area contributed by atoms with Crippen LogP contribution in [0, 0.1) is 5.92 Å². The van der Waals surface area contributed by atoms with Crippen LogP contribution >= 0.6 is 0 Å². The van der Waals surface area contributed by atoms with Gasteiger partial charge in [0.1, 0.15) is 0 Å². The van der Waals surface area contributed by atoms with Crippen molar-refractivity contribution in [2.75, 3.05) is 46.1 Å². The van der Waals surface area contributed by atoms with Gasteiger partial charge < -0.3 is 24.2 Å². The number of benzene rings is 1. The molecular weight excluding hydrogens is 394 g/mol. The van der Waals surface area contributed by atoms with E-state index < -0.39 is 0 Å². The minimum Gasteiger partial charge on any atom is -0.454 e. The lowest BCUT2D eigenvalue weighted by Gasteiger charge is -2.42. The first-order valence-corrected chi connectivity index (χ1v) is 11.9. The Morgan fingerprint density at radius 3 is 2.23 bits per heavy atom. The van der Waals surface area contributed by atoms with E-state index in [1.165, 1.54) is 6.42 Å². The van der Waals surface area contributed by atoms with Gasteiger partial charge in [-0.05, 0) is 76.2 Å². The average molecular weight is 428 g/mol. The van der Waals surface area contributed by atoms with E-state index in [0.29, 0.717) is 29.0 Å². The maximum Gasteiger partial charge on any atom is 0.253 e. The molecule has 0 spiro atoms. The number of amides is 2. The summed E-state index contributed by atoms with van der Waals surface area (Å²) in [5.41, 5.74) is 0.666. The lowest BCUT2D eigenvalue weighted by molar-refractivity contribution is -0.138. The van der Waals surface area contributed by atoms with Gasteiger partial charge in [0.15, 0.2) is 11.5 Å². The zero-order valence-electron chi connectivity index (χ0n) is 18.3. The molecule has 0 atom stereocenters. The van der Waals surface area contributed by atoms with Crippen molar-refractivity contribution < 1.29 is 19.1 Å². The van der Waals surface area contributed by atoms with Crippen LogP contribution in [0.3, 0.4) is 0 Å². The largest absolute Gasteiger partial charge is 0.454 e. The molecule has 5 rings (SSSR count). The molecule has 4 heterocycles. The highest BCUT2D eigenvalue weighted by Crippen LogP contribution is 2.33. The fraction of sp³-hybridized carbons (Fsp3) is 0.667. The molecule has 4 aliphatic rings. The monoisotopic (exact) mass is 427 g/mol. The lowest BCUT2D eigenvalue weighted by atomic mass is 9.91. The van der Waals surface area contributed by atoms with Gasteiger partial charge in [-0.2, -0.15) is 0 Å². The van der Waals surface area contributed by atoms with Crippen LogP contribution in [0.25, 0.3) is 0 Å². The number of rotatable bonds is 3. The van der Waals surface area contributed by atoms with Gasteiger partial charge in [0, 0.05) is 43.7 Å². The normalized spacial score (nSPS) is 23.2. The predicted molar refractivity (Wildman–Crippen MR) is 116 cm³/mol. The van der Waals surface area contributed by atoms with Crippen molar-refractivity contribution in [2.45, 2.75) is 51.0 Å². The van der Waals surface area contributed by atoms with Crippen LogP contribution in [0.5, 0.6) is 11.5 Å². The summed E-state index contributed by atoms with van der Waals surface area (Å²) in [6, 6.07) is 5.96. The van der Waals surface area contributed by atoms with Crippen LogP contribution in [0.2, 0.25) is 0 Å². The van der Waals surface area contributed by atoms with Crippen LogP contribution < -0.4 is 9.47 Å². The smallest absolute Gasteiger partial charge is 0.253 e. The highest BCUT2D eigenvalue weighted by molar-refractivity contribution is 5.95. The van der Waals surface area contributed by atoms with Gasteiger partial charge in [0.25, 0.3) is 5.91 Å². The number of ether oxygens (including phenoxy) is 2. The molecule has 0 saturated carbocycles. The maximum atomic E-state index is 12.9. The third-order valence-electron chi connectivity index (χ3n) is 7.43. The van der Waals surface area contributed by atoms with Gasteiger partial charge in [0.05, 0.1) is 0 Å². The fourth-order valence-corrected chi connectivity index (χ4v) is 5.53. The van der Waals surface area contributed by atoms with Gasteiger partial charge in [-0.3, -0.25) is 9.59 Å². The van der Waals surface area contributed by atoms with Crippen molar-refractivity contribution >= 4 is 11.8 Å². The zero-order valence-corrected chi connectivity index (χ0v) is 18.3. The summed E-state index contributed by atoms with van der Waals surface area (Å²) in [6.07, 6.45) is 7.54. The standard InChI is InChI=1S/C24H33N3O4/c28-23(26-10-2-1-3-11-26)18-6-12-25(13-7-18)20-8-14-27(15-9-20)24(29)19-4-5-21-22(16-19)31-17-30-21/h4-5,16,18,20H,1-3,6-15,17H2. The van der Waals surface area contributed by atoms with Crippen molar-refractivity contribution in [2.24, 2.45) is 5.92 Å². The summed E-state index contributed by atoms with van der Waals surface area (Å²) in [4.78, 5) is 32.3. The number of fused-ring (bicyclic) bond motifs is 1. The molecule has 168 valence electrons. The summed E-state index contributed by atoms with van der Waals surface area (Å²) < 4.78 is 10.8. The fourth-order valence-electron chi connectivity index (χ4n) is 5.53. The van der Waals surface area contributed by atoms with E-state index in [4.69, 9.17) is 9.47 Å². The summed E-state index contributed by atoms with van der Waals surface area (Å²) in [5, 5.41) is 0. The topological polar surface area (TPSA) is 62.3 Å². The van der Waals surface area contributed by atoms with Crippen molar-refractivity contribution in [1.29, 1.82) is 0 Å². The molecule has 0 bridgehead atoms. The Hall–Kier alpha value is -2.28. The lowest BCUT2D eigenvalue weighted by Crippen LogP contribution is -2.50. The van der Waals surface area contributed by atoms with Crippen LogP contribution in [0.15, 0.2) is 18.2 Å². The van der Waals surface area contributed by atoms with Gasteiger partial charge in [-0.25, -0.2) is 0 Å². The molecule has 0 aliphatic carbocycles. The van der Waals surface area contributed by atoms with Crippen molar-refractivity contribution in [3.05, 3.63) is 23.8 Å². The molecule has 0 N–H and O–H groups in total. The molecule has 7 heteroatoms. The first kappa shape index (κ1) is 20.6. The van der Waals surface area contributed by atoms with E-state index in [9.17, 15) is 9.59 Å². The maximum absolute atomic E-state index is 12.9. The number of hydrogen-bond acceptors (Lipinski definition) is 5. The van der Waals surface area contributed by atoms with Crippen LogP contribution in [0.4, 0.5) is 0 Å². The molecule has 0 aromatic heterocycles. The highest BCUT2D eigenvalue weighted by Gasteiger charge is 2.33. The third-order valence-corrected chi connectivity index (χ3v) is 7.43. The van der Waals surface area contributed by atoms with E-state index in [-0.39, 0.29) is 18.6 Å². The van der Waals surface area contributed by atoms with E-state index in [0.717, 1.165) is 77.8 Å². The van der Waals surface area contributed by atoms with Crippen LogP contribution in [-0.2, 0) is 4.79 Å². The van der Waals surface area contributed by atoms with E-state index >= 15 is 0 Å². The Kier molecular flexibility index (Phi) is 6.03. The van der Waals surface area contributed by atoms with Crippen molar-refractivity contribution in [3.63, 3.8) is 0 Å². The molecule has 1 aromatic rings. The molecule has 3 fully saturated rings. The second-order valence-corrected chi connectivity index (χ2v) is 9.29. The SMILES string of the molecule is O=C(c1ccc2c(c1)OCO2)N1CCC(N2CCC(C(=O)N3CCCCC3)CC2)CC1. The molecule has 1 aromatic carbocycles. The second-order valence-electron chi connectivity index (χ2n) is 9.29. The number of carbonyl (C=O) groups is 2. The number of nitrogens with zero attached hydrogens (tertiary/aromatic N) is 3. The number of piperidine rings is 3. The minimum atomic E-state index is 0.0718. The number of likely N-dealkylation sites (tertiary alicyclic amines) is 3. The van der Waals surface area contributed by atoms with Crippen molar-refractivity contribution in [1.82, 2.24) is 14.7 Å². The van der Waals surface area contributed by atoms with Crippen LogP contribution in [0.1, 0.15) is 55.3 Å². The molecular formula is C24H33N3O4. The molecule has 31 heavy (non-hydrogen) atoms. The zero-order chi connectivity index (χ0) is 21.2. The summed E-state index contributed by atoms with van der Waals surface area (Å²) >= 11 is 0. The average Bonchev–Trinajstić information content (AvgIpc) is 3.32. The van der Waals surface area contributed by atoms with E-state index in [1.54, 1.807) is 6.07 Å². The minimum absolute atomic E-state index is 0.0718. The van der Waals surface area contributed by atoms with Crippen molar-refractivity contribution in [3.8, 4) is 11.5 Å². The molecule has 2 amide bonds. The first-order valence-electron chi connectivity index (χ1n) is 11.9. The number of hydrogen-bond donors (Lipinski definition) is 0. The molecule has 4 aliphatic heterocycles. The van der Waals surface area contributed by atoms with E-state index in [1.807, 2.05) is 17.0 Å². The Morgan fingerprint density at radius 2 is 1.48 bits per heavy atom. The second kappa shape index (κ2) is 9.07. The molecule has 0 radical (unpaired) electrons. The van der Waals surface area contributed by atoms with Crippen LogP contribution in [-0.4, -0.2) is 78.6 Å². The predicted octanol–water partition coefficient (Wildman–Crippen LogP) is 2.74. The summed E-state index contributed by atoms with van der Waals surface area (Å²) in [7, 11) is 0. The Morgan fingerprint density at radius 1 is 0.774 bits per heavy atom. The Balaban J connectivity index is 1.09. The molecule has 3 saturated heterocycles. The highest BCUT2D eigenvalue weighted by atomic mass is 16.7. The molecule has 0 unspecified atom stereocenters. The molecule has 7 nitrogen and oxygen atoms in total. The Labute approximate surface area is 184 Å². The number of carbonyl (C=O) groups excluding carboxylic acids is 2. The van der Waals surface area contributed by atoms with E-state index in [2.05, 4.69) is 9.80 Å². The van der Waals surface area contributed by atoms with Gasteiger partial charge in [-0.15, -0.1) is 0 Å².